The summed E-state index contributed by atoms with van der Waals surface area (Å²) in [5.74, 6) is 0.0595. The SMILES string of the molecule is Cc1cccc(C2Sc3ccccc3NC2=O)c1. The van der Waals surface area contributed by atoms with E-state index in [4.69, 9.17) is 0 Å². The van der Waals surface area contributed by atoms with Gasteiger partial charge in [-0.15, -0.1) is 11.8 Å². The quantitative estimate of drug-likeness (QED) is 0.840. The van der Waals surface area contributed by atoms with Crippen LogP contribution in [-0.4, -0.2) is 5.91 Å². The van der Waals surface area contributed by atoms with Gasteiger partial charge < -0.3 is 5.32 Å². The normalized spacial score (nSPS) is 18.1. The van der Waals surface area contributed by atoms with E-state index >= 15 is 0 Å². The van der Waals surface area contributed by atoms with Crippen LogP contribution in [0.15, 0.2) is 53.4 Å². The van der Waals surface area contributed by atoms with Crippen molar-refractivity contribution in [3.8, 4) is 0 Å². The summed E-state index contributed by atoms with van der Waals surface area (Å²) in [7, 11) is 0. The average molecular weight is 255 g/mol. The molecule has 0 radical (unpaired) electrons. The predicted molar refractivity (Wildman–Crippen MR) is 74.8 cm³/mol. The van der Waals surface area contributed by atoms with E-state index in [1.54, 1.807) is 11.8 Å². The van der Waals surface area contributed by atoms with Crippen LogP contribution in [0.5, 0.6) is 0 Å². The highest BCUT2D eigenvalue weighted by molar-refractivity contribution is 8.00. The second kappa shape index (κ2) is 4.50. The van der Waals surface area contributed by atoms with Crippen LogP contribution in [0.1, 0.15) is 16.4 Å². The van der Waals surface area contributed by atoms with E-state index in [0.29, 0.717) is 0 Å². The molecule has 1 aliphatic heterocycles. The smallest absolute Gasteiger partial charge is 0.242 e. The van der Waals surface area contributed by atoms with Crippen molar-refractivity contribution in [3.05, 3.63) is 59.7 Å². The molecule has 1 amide bonds. The molecule has 1 atom stereocenters. The Hall–Kier alpha value is -1.74. The van der Waals surface area contributed by atoms with E-state index in [0.717, 1.165) is 16.1 Å². The van der Waals surface area contributed by atoms with Gasteiger partial charge in [-0.3, -0.25) is 4.79 Å². The molecule has 0 saturated heterocycles. The van der Waals surface area contributed by atoms with Gasteiger partial charge in [-0.05, 0) is 24.6 Å². The third-order valence-electron chi connectivity index (χ3n) is 2.97. The van der Waals surface area contributed by atoms with Crippen LogP contribution >= 0.6 is 11.8 Å². The number of fused-ring (bicyclic) bond motifs is 1. The number of para-hydroxylation sites is 1. The predicted octanol–water partition coefficient (Wildman–Crippen LogP) is 3.78. The zero-order valence-electron chi connectivity index (χ0n) is 10.0. The lowest BCUT2D eigenvalue weighted by Crippen LogP contribution is -2.22. The highest BCUT2D eigenvalue weighted by Gasteiger charge is 2.27. The summed E-state index contributed by atoms with van der Waals surface area (Å²) in [5, 5.41) is 2.82. The fourth-order valence-electron chi connectivity index (χ4n) is 2.10. The van der Waals surface area contributed by atoms with Crippen molar-refractivity contribution in [2.45, 2.75) is 17.1 Å². The first-order valence-corrected chi connectivity index (χ1v) is 6.75. The van der Waals surface area contributed by atoms with Crippen LogP contribution in [0.25, 0.3) is 0 Å². The Morgan fingerprint density at radius 2 is 1.94 bits per heavy atom. The van der Waals surface area contributed by atoms with Gasteiger partial charge in [0.1, 0.15) is 5.25 Å². The summed E-state index contributed by atoms with van der Waals surface area (Å²) in [4.78, 5) is 13.3. The summed E-state index contributed by atoms with van der Waals surface area (Å²) in [6.07, 6.45) is 0. The highest BCUT2D eigenvalue weighted by Crippen LogP contribution is 2.43. The molecule has 0 aromatic heterocycles. The number of benzene rings is 2. The molecule has 3 rings (SSSR count). The Balaban J connectivity index is 1.98. The first-order valence-electron chi connectivity index (χ1n) is 5.87. The van der Waals surface area contributed by atoms with Gasteiger partial charge in [0.2, 0.25) is 5.91 Å². The van der Waals surface area contributed by atoms with E-state index in [1.807, 2.05) is 49.4 Å². The van der Waals surface area contributed by atoms with E-state index in [2.05, 4.69) is 11.4 Å². The van der Waals surface area contributed by atoms with Gasteiger partial charge in [-0.1, -0.05) is 42.0 Å². The van der Waals surface area contributed by atoms with Crippen molar-refractivity contribution in [1.29, 1.82) is 0 Å². The van der Waals surface area contributed by atoms with Crippen molar-refractivity contribution < 1.29 is 4.79 Å². The number of aryl methyl sites for hydroxylation is 1. The largest absolute Gasteiger partial charge is 0.324 e. The van der Waals surface area contributed by atoms with Gasteiger partial charge in [0.15, 0.2) is 0 Å². The minimum atomic E-state index is -0.153. The molecule has 0 spiro atoms. The third kappa shape index (κ3) is 2.02. The minimum absolute atomic E-state index is 0.0595. The zero-order valence-corrected chi connectivity index (χ0v) is 10.8. The molecule has 1 heterocycles. The Labute approximate surface area is 110 Å². The average Bonchev–Trinajstić information content (AvgIpc) is 2.38. The molecule has 0 bridgehead atoms. The third-order valence-corrected chi connectivity index (χ3v) is 4.30. The molecule has 0 fully saturated rings. The first-order chi connectivity index (χ1) is 8.74. The minimum Gasteiger partial charge on any atom is -0.324 e. The lowest BCUT2D eigenvalue weighted by atomic mass is 10.1. The van der Waals surface area contributed by atoms with E-state index < -0.39 is 0 Å². The highest BCUT2D eigenvalue weighted by atomic mass is 32.2. The molecule has 18 heavy (non-hydrogen) atoms. The Kier molecular flexibility index (Phi) is 2.84. The number of hydrogen-bond acceptors (Lipinski definition) is 2. The fourth-order valence-corrected chi connectivity index (χ4v) is 3.21. The summed E-state index contributed by atoms with van der Waals surface area (Å²) in [6, 6.07) is 16.0. The number of thioether (sulfide) groups is 1. The van der Waals surface area contributed by atoms with Gasteiger partial charge in [-0.25, -0.2) is 0 Å². The maximum atomic E-state index is 12.1. The van der Waals surface area contributed by atoms with Crippen molar-refractivity contribution in [3.63, 3.8) is 0 Å². The summed E-state index contributed by atoms with van der Waals surface area (Å²) >= 11 is 1.61. The molecule has 90 valence electrons. The van der Waals surface area contributed by atoms with Crippen LogP contribution in [0, 0.1) is 6.92 Å². The summed E-state index contributed by atoms with van der Waals surface area (Å²) < 4.78 is 0. The van der Waals surface area contributed by atoms with Crippen LogP contribution in [0.4, 0.5) is 5.69 Å². The lowest BCUT2D eigenvalue weighted by Gasteiger charge is -2.24. The molecule has 0 saturated carbocycles. The van der Waals surface area contributed by atoms with Gasteiger partial charge in [0, 0.05) is 4.90 Å². The second-order valence-electron chi connectivity index (χ2n) is 4.40. The van der Waals surface area contributed by atoms with E-state index in [9.17, 15) is 4.79 Å². The van der Waals surface area contributed by atoms with Crippen LogP contribution < -0.4 is 5.32 Å². The maximum Gasteiger partial charge on any atom is 0.242 e. The second-order valence-corrected chi connectivity index (χ2v) is 5.54. The first kappa shape index (κ1) is 11.4. The molecule has 2 aromatic rings. The summed E-state index contributed by atoms with van der Waals surface area (Å²) in [5.41, 5.74) is 3.16. The number of anilines is 1. The number of amides is 1. The number of rotatable bonds is 1. The van der Waals surface area contributed by atoms with E-state index in [1.165, 1.54) is 5.56 Å². The monoisotopic (exact) mass is 255 g/mol. The van der Waals surface area contributed by atoms with Gasteiger partial charge in [-0.2, -0.15) is 0 Å². The van der Waals surface area contributed by atoms with Gasteiger partial charge in [0.25, 0.3) is 0 Å². The van der Waals surface area contributed by atoms with Gasteiger partial charge >= 0.3 is 0 Å². The van der Waals surface area contributed by atoms with Crippen molar-refractivity contribution >= 4 is 23.4 Å². The van der Waals surface area contributed by atoms with Gasteiger partial charge in [0.05, 0.1) is 5.69 Å². The molecule has 2 aromatic carbocycles. The Morgan fingerprint density at radius 1 is 1.11 bits per heavy atom. The Bertz CT molecular complexity index is 609. The fraction of sp³-hybridized carbons (Fsp3) is 0.133. The topological polar surface area (TPSA) is 29.1 Å². The van der Waals surface area contributed by atoms with Crippen LogP contribution in [0.2, 0.25) is 0 Å². The van der Waals surface area contributed by atoms with Crippen molar-refractivity contribution in [2.75, 3.05) is 5.32 Å². The molecule has 0 aliphatic carbocycles. The van der Waals surface area contributed by atoms with E-state index in [-0.39, 0.29) is 11.2 Å². The van der Waals surface area contributed by atoms with Crippen molar-refractivity contribution in [2.24, 2.45) is 0 Å². The molecular weight excluding hydrogens is 242 g/mol. The molecule has 1 aliphatic rings. The van der Waals surface area contributed by atoms with Crippen LogP contribution in [0.3, 0.4) is 0 Å². The van der Waals surface area contributed by atoms with Crippen LogP contribution in [-0.2, 0) is 4.79 Å². The maximum absolute atomic E-state index is 12.1. The number of nitrogens with one attached hydrogen (secondary N) is 1. The zero-order chi connectivity index (χ0) is 12.5. The standard InChI is InChI=1S/C15H13NOS/c1-10-5-4-6-11(9-10)14-15(17)16-12-7-2-3-8-13(12)18-14/h2-9,14H,1H3,(H,16,17). The summed E-state index contributed by atoms with van der Waals surface area (Å²) in [6.45, 7) is 2.04. The molecule has 1 unspecified atom stereocenters. The van der Waals surface area contributed by atoms with Crippen molar-refractivity contribution in [1.82, 2.24) is 0 Å². The lowest BCUT2D eigenvalue weighted by molar-refractivity contribution is -0.115. The molecule has 2 nitrogen and oxygen atoms in total. The molecule has 3 heteroatoms. The number of carbonyl (C=O) groups is 1. The number of hydrogen-bond donors (Lipinski definition) is 1. The Morgan fingerprint density at radius 3 is 2.78 bits per heavy atom. The molecule has 1 N–H and O–H groups in total. The molecular formula is C15H13NOS. The number of carbonyl (C=O) groups excluding carboxylic acids is 1.